The molecule has 64 valence electrons. The summed E-state index contributed by atoms with van der Waals surface area (Å²) < 4.78 is 15.1. The first kappa shape index (κ1) is 8.80. The van der Waals surface area contributed by atoms with Gasteiger partial charge in [0, 0.05) is 11.1 Å². The fourth-order valence-corrected chi connectivity index (χ4v) is 0.846. The molecule has 1 aromatic rings. The first-order valence-electron chi connectivity index (χ1n) is 3.41. The number of nitrogen functional groups attached to an aromatic ring is 1. The Labute approximate surface area is 74.2 Å². The fourth-order valence-electron chi connectivity index (χ4n) is 0.722. The summed E-state index contributed by atoms with van der Waals surface area (Å²) in [6.45, 7) is 0.318. The molecular formula is C8H9NO2S. The van der Waals surface area contributed by atoms with Gasteiger partial charge in [-0.25, -0.2) is 4.21 Å². The minimum atomic E-state index is 0.318. The van der Waals surface area contributed by atoms with Gasteiger partial charge in [0.05, 0.1) is 11.3 Å². The Balaban J connectivity index is 2.53. The zero-order chi connectivity index (χ0) is 8.81. The first-order valence-corrected chi connectivity index (χ1v) is 4.22. The molecular weight excluding hydrogens is 174 g/mol. The Hall–Kier alpha value is -1.29. The fraction of sp³-hybridized carbons (Fsp3) is 0.125. The molecule has 3 nitrogen and oxygen atoms in total. The summed E-state index contributed by atoms with van der Waals surface area (Å²) in [5, 5.41) is 1.44. The van der Waals surface area contributed by atoms with E-state index in [1.807, 2.05) is 0 Å². The van der Waals surface area contributed by atoms with Crippen molar-refractivity contribution in [3.8, 4) is 5.75 Å². The molecule has 1 aromatic carbocycles. The summed E-state index contributed by atoms with van der Waals surface area (Å²) >= 11 is 0.399. The van der Waals surface area contributed by atoms with Gasteiger partial charge < -0.3 is 10.5 Å². The van der Waals surface area contributed by atoms with Crippen molar-refractivity contribution in [1.29, 1.82) is 0 Å². The van der Waals surface area contributed by atoms with Gasteiger partial charge in [-0.05, 0) is 24.3 Å². The number of anilines is 1. The average Bonchev–Trinajstić information content (AvgIpc) is 2.09. The van der Waals surface area contributed by atoms with Crippen LogP contribution in [0.2, 0.25) is 0 Å². The molecule has 0 bridgehead atoms. The molecule has 0 aliphatic heterocycles. The predicted octanol–water partition coefficient (Wildman–Crippen LogP) is 0.663. The Morgan fingerprint density at radius 1 is 1.42 bits per heavy atom. The molecule has 12 heavy (non-hydrogen) atoms. The van der Waals surface area contributed by atoms with Gasteiger partial charge in [-0.2, -0.15) is 0 Å². The van der Waals surface area contributed by atoms with E-state index < -0.39 is 0 Å². The van der Waals surface area contributed by atoms with Crippen LogP contribution in [0, 0.1) is 0 Å². The van der Waals surface area contributed by atoms with Crippen molar-refractivity contribution in [2.75, 3.05) is 12.3 Å². The van der Waals surface area contributed by atoms with Gasteiger partial charge >= 0.3 is 0 Å². The van der Waals surface area contributed by atoms with Crippen molar-refractivity contribution in [3.05, 3.63) is 24.3 Å². The molecule has 2 N–H and O–H groups in total. The summed E-state index contributed by atoms with van der Waals surface area (Å²) in [6.07, 6.45) is 0. The SMILES string of the molecule is Nc1ccc(OCC=S=O)cc1. The molecule has 0 aliphatic rings. The van der Waals surface area contributed by atoms with E-state index in [0.29, 0.717) is 23.5 Å². The van der Waals surface area contributed by atoms with E-state index in [0.717, 1.165) is 5.75 Å². The van der Waals surface area contributed by atoms with E-state index in [4.69, 9.17) is 10.5 Å². The van der Waals surface area contributed by atoms with Crippen LogP contribution < -0.4 is 10.5 Å². The molecule has 0 aromatic heterocycles. The first-order chi connectivity index (χ1) is 5.83. The highest BCUT2D eigenvalue weighted by atomic mass is 32.1. The van der Waals surface area contributed by atoms with Crippen LogP contribution in [-0.2, 0) is 11.3 Å². The standard InChI is InChI=1S/C8H9NO2S/c9-7-1-3-8(4-2-7)11-5-6-12-10/h1-4,6H,5,9H2. The van der Waals surface area contributed by atoms with Crippen LogP contribution in [0.25, 0.3) is 0 Å². The summed E-state index contributed by atoms with van der Waals surface area (Å²) in [4.78, 5) is 0. The predicted molar refractivity (Wildman–Crippen MR) is 50.6 cm³/mol. The summed E-state index contributed by atoms with van der Waals surface area (Å²) in [6, 6.07) is 7.02. The largest absolute Gasteiger partial charge is 0.489 e. The minimum Gasteiger partial charge on any atom is -0.489 e. The maximum Gasteiger partial charge on any atom is 0.119 e. The van der Waals surface area contributed by atoms with Gasteiger partial charge in [-0.15, -0.1) is 0 Å². The van der Waals surface area contributed by atoms with Crippen LogP contribution in [0.5, 0.6) is 5.75 Å². The molecule has 0 saturated heterocycles. The van der Waals surface area contributed by atoms with Gasteiger partial charge in [-0.3, -0.25) is 0 Å². The average molecular weight is 183 g/mol. The van der Waals surface area contributed by atoms with E-state index in [2.05, 4.69) is 0 Å². The lowest BCUT2D eigenvalue weighted by molar-refractivity contribution is 0.382. The van der Waals surface area contributed by atoms with E-state index in [1.54, 1.807) is 24.3 Å². The lowest BCUT2D eigenvalue weighted by Gasteiger charge is -2.01. The number of nitrogens with two attached hydrogens (primary N) is 1. The van der Waals surface area contributed by atoms with Gasteiger partial charge in [0.15, 0.2) is 0 Å². The van der Waals surface area contributed by atoms with Gasteiger partial charge in [-0.1, -0.05) is 0 Å². The molecule has 0 amide bonds. The van der Waals surface area contributed by atoms with Gasteiger partial charge in [0.1, 0.15) is 12.4 Å². The zero-order valence-corrected chi connectivity index (χ0v) is 7.21. The van der Waals surface area contributed by atoms with E-state index in [1.165, 1.54) is 5.37 Å². The molecule has 0 spiro atoms. The van der Waals surface area contributed by atoms with Crippen molar-refractivity contribution < 1.29 is 8.95 Å². The lowest BCUT2D eigenvalue weighted by Crippen LogP contribution is -1.97. The number of ether oxygens (including phenoxy) is 1. The van der Waals surface area contributed by atoms with Crippen LogP contribution >= 0.6 is 0 Å². The monoisotopic (exact) mass is 183 g/mol. The van der Waals surface area contributed by atoms with Crippen LogP contribution in [0.15, 0.2) is 24.3 Å². The highest BCUT2D eigenvalue weighted by Crippen LogP contribution is 2.12. The molecule has 0 heterocycles. The Morgan fingerprint density at radius 2 is 2.08 bits per heavy atom. The van der Waals surface area contributed by atoms with E-state index in [-0.39, 0.29) is 0 Å². The molecule has 0 saturated carbocycles. The summed E-state index contributed by atoms with van der Waals surface area (Å²) in [7, 11) is 0. The second-order valence-electron chi connectivity index (χ2n) is 2.14. The number of hydrogen-bond acceptors (Lipinski definition) is 3. The topological polar surface area (TPSA) is 52.3 Å². The maximum atomic E-state index is 9.94. The molecule has 0 aliphatic carbocycles. The minimum absolute atomic E-state index is 0.318. The van der Waals surface area contributed by atoms with Crippen LogP contribution in [-0.4, -0.2) is 16.2 Å². The second kappa shape index (κ2) is 4.56. The van der Waals surface area contributed by atoms with Gasteiger partial charge in [0.2, 0.25) is 0 Å². The third-order valence-corrected chi connectivity index (χ3v) is 1.54. The Bertz CT molecular complexity index is 290. The van der Waals surface area contributed by atoms with Crippen molar-refractivity contribution in [2.24, 2.45) is 0 Å². The normalized spacial score (nSPS) is 9.00. The zero-order valence-electron chi connectivity index (χ0n) is 6.40. The van der Waals surface area contributed by atoms with Crippen LogP contribution in [0.4, 0.5) is 5.69 Å². The number of hydrogen-bond donors (Lipinski definition) is 1. The summed E-state index contributed by atoms with van der Waals surface area (Å²) in [5.41, 5.74) is 6.16. The van der Waals surface area contributed by atoms with E-state index in [9.17, 15) is 4.21 Å². The lowest BCUT2D eigenvalue weighted by atomic mass is 10.3. The number of benzene rings is 1. The highest BCUT2D eigenvalue weighted by Gasteiger charge is 1.89. The van der Waals surface area contributed by atoms with Crippen LogP contribution in [0.1, 0.15) is 0 Å². The smallest absolute Gasteiger partial charge is 0.119 e. The molecule has 0 fully saturated rings. The second-order valence-corrected chi connectivity index (χ2v) is 2.67. The molecule has 0 radical (unpaired) electrons. The van der Waals surface area contributed by atoms with Crippen molar-refractivity contribution in [3.63, 3.8) is 0 Å². The quantitative estimate of drug-likeness (QED) is 0.553. The van der Waals surface area contributed by atoms with Crippen molar-refractivity contribution in [2.45, 2.75) is 0 Å². The third-order valence-electron chi connectivity index (χ3n) is 1.27. The molecule has 4 heteroatoms. The highest BCUT2D eigenvalue weighted by molar-refractivity contribution is 7.64. The van der Waals surface area contributed by atoms with Crippen molar-refractivity contribution >= 4 is 22.3 Å². The molecule has 1 rings (SSSR count). The maximum absolute atomic E-state index is 9.94. The summed E-state index contributed by atoms with van der Waals surface area (Å²) in [5.74, 6) is 0.717. The van der Waals surface area contributed by atoms with E-state index >= 15 is 0 Å². The van der Waals surface area contributed by atoms with Gasteiger partial charge in [0.25, 0.3) is 0 Å². The Kier molecular flexibility index (Phi) is 3.35. The van der Waals surface area contributed by atoms with Crippen LogP contribution in [0.3, 0.4) is 0 Å². The molecule has 0 atom stereocenters. The number of rotatable bonds is 3. The third kappa shape index (κ3) is 2.75. The molecule has 0 unspecified atom stereocenters. The van der Waals surface area contributed by atoms with Crippen molar-refractivity contribution in [1.82, 2.24) is 0 Å². The Morgan fingerprint density at radius 3 is 2.67 bits per heavy atom.